The molecule has 5 nitrogen and oxygen atoms in total. The molecule has 0 bridgehead atoms. The SMILES string of the molecule is COc1cccc(NC(=O)O)c1C#CCCCCCCCCCCCCCCCCO[Si](C)(C)C(C)(C)C. The van der Waals surface area contributed by atoms with Crippen LogP contribution in [0.1, 0.15) is 123 Å². The molecule has 216 valence electrons. The fraction of sp³-hybridized carbons (Fsp3) is 0.719. The zero-order valence-corrected chi connectivity index (χ0v) is 26.2. The van der Waals surface area contributed by atoms with Crippen LogP contribution in [0, 0.1) is 11.8 Å². The van der Waals surface area contributed by atoms with E-state index in [1.54, 1.807) is 25.3 Å². The highest BCUT2D eigenvalue weighted by Crippen LogP contribution is 2.36. The Bertz CT molecular complexity index is 851. The standard InChI is InChI=1S/C32H55NO4Si/c1-32(2,3)38(5,6)37-27-22-20-18-16-14-12-10-8-7-9-11-13-15-17-19-21-24-28-29(33-31(34)35)25-23-26-30(28)36-4/h23,25-26,33H,7-20,22,27H2,1-6H3,(H,34,35). The fourth-order valence-corrected chi connectivity index (χ4v) is 5.27. The maximum absolute atomic E-state index is 11.0. The molecule has 1 aromatic carbocycles. The van der Waals surface area contributed by atoms with Gasteiger partial charge in [-0.3, -0.25) is 5.32 Å². The zero-order chi connectivity index (χ0) is 28.3. The smallest absolute Gasteiger partial charge is 0.409 e. The highest BCUT2D eigenvalue weighted by molar-refractivity contribution is 6.74. The molecule has 0 heterocycles. The van der Waals surface area contributed by atoms with Crippen LogP contribution in [0.5, 0.6) is 5.75 Å². The average molecular weight is 546 g/mol. The van der Waals surface area contributed by atoms with E-state index in [0.717, 1.165) is 19.4 Å². The van der Waals surface area contributed by atoms with E-state index in [4.69, 9.17) is 14.3 Å². The average Bonchev–Trinajstić information content (AvgIpc) is 2.85. The van der Waals surface area contributed by atoms with Crippen LogP contribution in [0.3, 0.4) is 0 Å². The van der Waals surface area contributed by atoms with Gasteiger partial charge in [-0.1, -0.05) is 116 Å². The Morgan fingerprint density at radius 2 is 1.37 bits per heavy atom. The van der Waals surface area contributed by atoms with Gasteiger partial charge in [0.1, 0.15) is 5.75 Å². The predicted octanol–water partition coefficient (Wildman–Crippen LogP) is 10.0. The molecule has 2 N–H and O–H groups in total. The molecule has 1 aromatic rings. The Morgan fingerprint density at radius 1 is 0.868 bits per heavy atom. The summed E-state index contributed by atoms with van der Waals surface area (Å²) in [7, 11) is 0.00720. The van der Waals surface area contributed by atoms with Crippen molar-refractivity contribution in [3.8, 4) is 17.6 Å². The molecule has 1 rings (SSSR count). The van der Waals surface area contributed by atoms with Gasteiger partial charge in [-0.2, -0.15) is 0 Å². The molecule has 0 aliphatic heterocycles. The van der Waals surface area contributed by atoms with Gasteiger partial charge in [0.05, 0.1) is 18.4 Å². The second-order valence-corrected chi connectivity index (χ2v) is 16.7. The number of hydrogen-bond acceptors (Lipinski definition) is 3. The summed E-state index contributed by atoms with van der Waals surface area (Å²) in [6, 6.07) is 5.25. The van der Waals surface area contributed by atoms with Gasteiger partial charge < -0.3 is 14.3 Å². The number of carboxylic acid groups (broad SMARTS) is 1. The van der Waals surface area contributed by atoms with Crippen LogP contribution in [0.2, 0.25) is 18.1 Å². The maximum atomic E-state index is 11.0. The van der Waals surface area contributed by atoms with Gasteiger partial charge in [0.2, 0.25) is 0 Å². The van der Waals surface area contributed by atoms with Crippen LogP contribution < -0.4 is 10.1 Å². The third-order valence-corrected chi connectivity index (χ3v) is 12.2. The topological polar surface area (TPSA) is 67.8 Å². The largest absolute Gasteiger partial charge is 0.495 e. The van der Waals surface area contributed by atoms with E-state index in [2.05, 4.69) is 51.0 Å². The third-order valence-electron chi connectivity index (χ3n) is 7.67. The number of nitrogens with one attached hydrogen (secondary N) is 1. The Morgan fingerprint density at radius 3 is 1.84 bits per heavy atom. The molecule has 0 fully saturated rings. The van der Waals surface area contributed by atoms with E-state index in [0.29, 0.717) is 22.0 Å². The summed E-state index contributed by atoms with van der Waals surface area (Å²) in [4.78, 5) is 11.0. The van der Waals surface area contributed by atoms with Gasteiger partial charge in [-0.05, 0) is 43.1 Å². The lowest BCUT2D eigenvalue weighted by Crippen LogP contribution is -2.40. The van der Waals surface area contributed by atoms with Gasteiger partial charge in [-0.15, -0.1) is 0 Å². The van der Waals surface area contributed by atoms with Crippen LogP contribution in [0.4, 0.5) is 10.5 Å². The minimum atomic E-state index is -1.56. The number of ether oxygens (including phenoxy) is 1. The molecule has 0 saturated heterocycles. The van der Waals surface area contributed by atoms with Crippen molar-refractivity contribution in [2.24, 2.45) is 0 Å². The molecule has 0 aliphatic rings. The van der Waals surface area contributed by atoms with Crippen LogP contribution in [-0.4, -0.2) is 33.2 Å². The van der Waals surface area contributed by atoms with Crippen molar-refractivity contribution in [1.29, 1.82) is 0 Å². The number of benzene rings is 1. The Kier molecular flexibility index (Phi) is 17.2. The van der Waals surface area contributed by atoms with Crippen LogP contribution >= 0.6 is 0 Å². The van der Waals surface area contributed by atoms with E-state index >= 15 is 0 Å². The van der Waals surface area contributed by atoms with Gasteiger partial charge in [0, 0.05) is 13.0 Å². The van der Waals surface area contributed by atoms with Crippen LogP contribution in [-0.2, 0) is 4.43 Å². The molecule has 0 radical (unpaired) electrons. The van der Waals surface area contributed by atoms with Crippen molar-refractivity contribution in [3.05, 3.63) is 23.8 Å². The van der Waals surface area contributed by atoms with Crippen molar-refractivity contribution in [2.45, 2.75) is 135 Å². The quantitative estimate of drug-likeness (QED) is 0.103. The number of anilines is 1. The number of methoxy groups -OCH3 is 1. The first-order valence-electron chi connectivity index (χ1n) is 14.9. The van der Waals surface area contributed by atoms with Crippen LogP contribution in [0.25, 0.3) is 0 Å². The normalized spacial score (nSPS) is 11.6. The first kappa shape index (κ1) is 34.1. The monoisotopic (exact) mass is 545 g/mol. The van der Waals surface area contributed by atoms with Crippen molar-refractivity contribution >= 4 is 20.1 Å². The lowest BCUT2D eigenvalue weighted by atomic mass is 10.0. The van der Waals surface area contributed by atoms with Gasteiger partial charge in [0.25, 0.3) is 0 Å². The van der Waals surface area contributed by atoms with Gasteiger partial charge >= 0.3 is 6.09 Å². The fourth-order valence-electron chi connectivity index (χ4n) is 4.18. The lowest BCUT2D eigenvalue weighted by Gasteiger charge is -2.36. The second kappa shape index (κ2) is 19.1. The summed E-state index contributed by atoms with van der Waals surface area (Å²) in [6.07, 6.45) is 18.0. The molecule has 0 aromatic heterocycles. The molecule has 0 spiro atoms. The summed E-state index contributed by atoms with van der Waals surface area (Å²) in [5, 5.41) is 11.7. The lowest BCUT2D eigenvalue weighted by molar-refractivity contribution is 0.209. The van der Waals surface area contributed by atoms with Crippen molar-refractivity contribution in [2.75, 3.05) is 19.0 Å². The number of carbonyl (C=O) groups is 1. The van der Waals surface area contributed by atoms with Gasteiger partial charge in [0.15, 0.2) is 8.32 Å². The summed E-state index contributed by atoms with van der Waals surface area (Å²) in [6.45, 7) is 12.6. The Labute approximate surface area is 234 Å². The summed E-state index contributed by atoms with van der Waals surface area (Å²) in [5.41, 5.74) is 1.07. The molecule has 0 unspecified atom stereocenters. The first-order valence-corrected chi connectivity index (χ1v) is 17.8. The van der Waals surface area contributed by atoms with E-state index in [1.165, 1.54) is 83.5 Å². The molecule has 0 aliphatic carbocycles. The molecule has 38 heavy (non-hydrogen) atoms. The minimum Gasteiger partial charge on any atom is -0.495 e. The first-order chi connectivity index (χ1) is 18.1. The van der Waals surface area contributed by atoms with Crippen molar-refractivity contribution < 1.29 is 19.1 Å². The number of unbranched alkanes of at least 4 members (excludes halogenated alkanes) is 14. The highest BCUT2D eigenvalue weighted by Gasteiger charge is 2.36. The molecule has 0 atom stereocenters. The Balaban J connectivity index is 1.97. The minimum absolute atomic E-state index is 0.316. The maximum Gasteiger partial charge on any atom is 0.409 e. The predicted molar refractivity (Wildman–Crippen MR) is 164 cm³/mol. The Hall–Kier alpha value is -1.97. The molecule has 1 amide bonds. The zero-order valence-electron chi connectivity index (χ0n) is 25.2. The summed E-state index contributed by atoms with van der Waals surface area (Å²) < 4.78 is 11.6. The van der Waals surface area contributed by atoms with Crippen LogP contribution in [0.15, 0.2) is 18.2 Å². The number of rotatable bonds is 19. The van der Waals surface area contributed by atoms with Gasteiger partial charge in [-0.25, -0.2) is 4.79 Å². The number of hydrogen-bond donors (Lipinski definition) is 2. The third kappa shape index (κ3) is 14.8. The van der Waals surface area contributed by atoms with Crippen molar-refractivity contribution in [1.82, 2.24) is 0 Å². The number of amides is 1. The highest BCUT2D eigenvalue weighted by atomic mass is 28.4. The van der Waals surface area contributed by atoms with Crippen molar-refractivity contribution in [3.63, 3.8) is 0 Å². The molecular weight excluding hydrogens is 490 g/mol. The summed E-state index contributed by atoms with van der Waals surface area (Å²) >= 11 is 0. The molecule has 0 saturated carbocycles. The molecule has 6 heteroatoms. The van der Waals surface area contributed by atoms with E-state index < -0.39 is 14.4 Å². The van der Waals surface area contributed by atoms with E-state index in [9.17, 15) is 4.79 Å². The van der Waals surface area contributed by atoms with E-state index in [1.807, 2.05) is 0 Å². The van der Waals surface area contributed by atoms with E-state index in [-0.39, 0.29) is 0 Å². The summed E-state index contributed by atoms with van der Waals surface area (Å²) in [5.74, 6) is 6.87. The molecular formula is C32H55NO4Si. The second-order valence-electron chi connectivity index (χ2n) is 11.9.